The summed E-state index contributed by atoms with van der Waals surface area (Å²) in [5.74, 6) is 0.718. The van der Waals surface area contributed by atoms with Gasteiger partial charge in [-0.1, -0.05) is 37.8 Å². The van der Waals surface area contributed by atoms with E-state index in [1.54, 1.807) is 12.1 Å². The molecule has 1 aliphatic carbocycles. The van der Waals surface area contributed by atoms with Gasteiger partial charge in [0.1, 0.15) is 5.15 Å². The molecule has 2 atom stereocenters. The molecule has 1 aromatic heterocycles. The molecular formula is C15H21ClN2O. The zero-order valence-corrected chi connectivity index (χ0v) is 12.3. The van der Waals surface area contributed by atoms with Gasteiger partial charge in [0.2, 0.25) is 0 Å². The van der Waals surface area contributed by atoms with Crippen LogP contribution in [0.4, 0.5) is 0 Å². The van der Waals surface area contributed by atoms with E-state index in [1.807, 2.05) is 6.92 Å². The molecule has 0 aromatic carbocycles. The Morgan fingerprint density at radius 1 is 1.47 bits per heavy atom. The molecule has 0 aliphatic heterocycles. The Labute approximate surface area is 119 Å². The Hall–Kier alpha value is -1.09. The second-order valence-electron chi connectivity index (χ2n) is 5.43. The number of pyridine rings is 1. The molecule has 1 aliphatic rings. The van der Waals surface area contributed by atoms with E-state index in [0.29, 0.717) is 16.8 Å². The third kappa shape index (κ3) is 3.93. The van der Waals surface area contributed by atoms with Crippen LogP contribution in [-0.2, 0) is 0 Å². The highest BCUT2D eigenvalue weighted by Gasteiger charge is 2.22. The summed E-state index contributed by atoms with van der Waals surface area (Å²) in [6.07, 6.45) is 5.88. The molecule has 1 fully saturated rings. The molecule has 0 radical (unpaired) electrons. The summed E-state index contributed by atoms with van der Waals surface area (Å²) in [4.78, 5) is 16.3. The van der Waals surface area contributed by atoms with Crippen molar-refractivity contribution in [3.63, 3.8) is 0 Å². The highest BCUT2D eigenvalue weighted by atomic mass is 35.5. The minimum atomic E-state index is -0.0332. The lowest BCUT2D eigenvalue weighted by Gasteiger charge is -2.29. The normalized spacial score (nSPS) is 23.1. The first-order valence-corrected chi connectivity index (χ1v) is 7.41. The van der Waals surface area contributed by atoms with E-state index in [1.165, 1.54) is 19.3 Å². The number of rotatable bonds is 3. The van der Waals surface area contributed by atoms with Crippen molar-refractivity contribution in [1.82, 2.24) is 10.3 Å². The van der Waals surface area contributed by atoms with Gasteiger partial charge in [-0.25, -0.2) is 4.98 Å². The third-order valence-corrected chi connectivity index (χ3v) is 4.07. The van der Waals surface area contributed by atoms with Crippen LogP contribution in [0.15, 0.2) is 12.1 Å². The fourth-order valence-electron chi connectivity index (χ4n) is 2.82. The van der Waals surface area contributed by atoms with E-state index in [2.05, 4.69) is 17.2 Å². The monoisotopic (exact) mass is 280 g/mol. The van der Waals surface area contributed by atoms with Crippen LogP contribution in [0.5, 0.6) is 0 Å². The number of hydrogen-bond acceptors (Lipinski definition) is 2. The Kier molecular flexibility index (Phi) is 4.81. The molecule has 0 bridgehead atoms. The number of carbonyl (C=O) groups excluding carboxylic acids is 1. The van der Waals surface area contributed by atoms with Gasteiger partial charge in [0, 0.05) is 17.3 Å². The summed E-state index contributed by atoms with van der Waals surface area (Å²) < 4.78 is 0. The van der Waals surface area contributed by atoms with Crippen LogP contribution < -0.4 is 5.32 Å². The summed E-state index contributed by atoms with van der Waals surface area (Å²) in [5.41, 5.74) is 1.38. The molecular weight excluding hydrogens is 260 g/mol. The number of hydrogen-bond donors (Lipinski definition) is 1. The summed E-state index contributed by atoms with van der Waals surface area (Å²) >= 11 is 5.89. The minimum Gasteiger partial charge on any atom is -0.349 e. The van der Waals surface area contributed by atoms with Crippen molar-refractivity contribution in [2.45, 2.75) is 52.0 Å². The fourth-order valence-corrected chi connectivity index (χ4v) is 3.07. The first-order valence-electron chi connectivity index (χ1n) is 7.03. The molecule has 0 spiro atoms. The molecule has 104 valence electrons. The van der Waals surface area contributed by atoms with Gasteiger partial charge in [0.05, 0.1) is 0 Å². The van der Waals surface area contributed by atoms with E-state index in [0.717, 1.165) is 24.5 Å². The molecule has 2 unspecified atom stereocenters. The maximum absolute atomic E-state index is 12.2. The first kappa shape index (κ1) is 14.3. The van der Waals surface area contributed by atoms with E-state index in [9.17, 15) is 4.79 Å². The molecule has 3 nitrogen and oxygen atoms in total. The molecule has 2 rings (SSSR count). The van der Waals surface area contributed by atoms with Gasteiger partial charge in [-0.15, -0.1) is 0 Å². The zero-order chi connectivity index (χ0) is 13.8. The second kappa shape index (κ2) is 6.38. The van der Waals surface area contributed by atoms with E-state index < -0.39 is 0 Å². The van der Waals surface area contributed by atoms with Crippen molar-refractivity contribution in [2.75, 3.05) is 0 Å². The Morgan fingerprint density at radius 2 is 2.26 bits per heavy atom. The van der Waals surface area contributed by atoms with Crippen LogP contribution in [0.3, 0.4) is 0 Å². The Bertz CT molecular complexity index is 441. The number of nitrogens with one attached hydrogen (secondary N) is 1. The smallest absolute Gasteiger partial charge is 0.251 e. The molecule has 0 saturated heterocycles. The van der Waals surface area contributed by atoms with Crippen LogP contribution in [-0.4, -0.2) is 16.9 Å². The summed E-state index contributed by atoms with van der Waals surface area (Å²) in [6, 6.07) is 3.71. The average Bonchev–Trinajstić information content (AvgIpc) is 2.37. The van der Waals surface area contributed by atoms with Crippen molar-refractivity contribution < 1.29 is 4.79 Å². The SMILES string of the molecule is CCC1CCCC(NC(=O)c2cc(C)nc(Cl)c2)C1. The number of aryl methyl sites for hydroxylation is 1. The van der Waals surface area contributed by atoms with Gasteiger partial charge in [0.15, 0.2) is 0 Å². The first-order chi connectivity index (χ1) is 9.08. The lowest BCUT2D eigenvalue weighted by Crippen LogP contribution is -2.38. The lowest BCUT2D eigenvalue weighted by atomic mass is 9.84. The summed E-state index contributed by atoms with van der Waals surface area (Å²) in [6.45, 7) is 4.07. The van der Waals surface area contributed by atoms with Crippen LogP contribution in [0.2, 0.25) is 5.15 Å². The molecule has 1 N–H and O–H groups in total. The molecule has 1 amide bonds. The highest BCUT2D eigenvalue weighted by molar-refractivity contribution is 6.29. The largest absolute Gasteiger partial charge is 0.349 e. The third-order valence-electron chi connectivity index (χ3n) is 3.88. The summed E-state index contributed by atoms with van der Waals surface area (Å²) in [5, 5.41) is 3.50. The quantitative estimate of drug-likeness (QED) is 0.857. The second-order valence-corrected chi connectivity index (χ2v) is 5.82. The molecule has 19 heavy (non-hydrogen) atoms. The predicted molar refractivity (Wildman–Crippen MR) is 77.5 cm³/mol. The fraction of sp³-hybridized carbons (Fsp3) is 0.600. The van der Waals surface area contributed by atoms with Gasteiger partial charge >= 0.3 is 0 Å². The van der Waals surface area contributed by atoms with Crippen molar-refractivity contribution in [3.8, 4) is 0 Å². The minimum absolute atomic E-state index is 0.0332. The van der Waals surface area contributed by atoms with Gasteiger partial charge in [-0.05, 0) is 37.8 Å². The van der Waals surface area contributed by atoms with Gasteiger partial charge < -0.3 is 5.32 Å². The number of halogens is 1. The van der Waals surface area contributed by atoms with Gasteiger partial charge in [0.25, 0.3) is 5.91 Å². The Morgan fingerprint density at radius 3 is 2.95 bits per heavy atom. The molecule has 1 aromatic rings. The van der Waals surface area contributed by atoms with Crippen LogP contribution >= 0.6 is 11.6 Å². The maximum atomic E-state index is 12.2. The van der Waals surface area contributed by atoms with Crippen LogP contribution in [0.25, 0.3) is 0 Å². The van der Waals surface area contributed by atoms with E-state index in [-0.39, 0.29) is 5.91 Å². The number of nitrogens with zero attached hydrogens (tertiary/aromatic N) is 1. The van der Waals surface area contributed by atoms with Crippen molar-refractivity contribution >= 4 is 17.5 Å². The molecule has 1 saturated carbocycles. The molecule has 1 heterocycles. The van der Waals surface area contributed by atoms with E-state index in [4.69, 9.17) is 11.6 Å². The Balaban J connectivity index is 2.00. The van der Waals surface area contributed by atoms with Gasteiger partial charge in [-0.3, -0.25) is 4.79 Å². The topological polar surface area (TPSA) is 42.0 Å². The van der Waals surface area contributed by atoms with E-state index >= 15 is 0 Å². The predicted octanol–water partition coefficient (Wildman–Crippen LogP) is 3.74. The molecule has 4 heteroatoms. The summed E-state index contributed by atoms with van der Waals surface area (Å²) in [7, 11) is 0. The van der Waals surface area contributed by atoms with Crippen LogP contribution in [0, 0.1) is 12.8 Å². The van der Waals surface area contributed by atoms with Gasteiger partial charge in [-0.2, -0.15) is 0 Å². The average molecular weight is 281 g/mol. The number of amides is 1. The van der Waals surface area contributed by atoms with Crippen molar-refractivity contribution in [3.05, 3.63) is 28.5 Å². The maximum Gasteiger partial charge on any atom is 0.251 e. The zero-order valence-electron chi connectivity index (χ0n) is 11.6. The van der Waals surface area contributed by atoms with Crippen molar-refractivity contribution in [1.29, 1.82) is 0 Å². The van der Waals surface area contributed by atoms with Crippen LogP contribution in [0.1, 0.15) is 55.1 Å². The lowest BCUT2D eigenvalue weighted by molar-refractivity contribution is 0.0919. The van der Waals surface area contributed by atoms with Crippen molar-refractivity contribution in [2.24, 2.45) is 5.92 Å². The number of aromatic nitrogens is 1. The highest BCUT2D eigenvalue weighted by Crippen LogP contribution is 2.26. The number of carbonyl (C=O) groups is 1. The standard InChI is InChI=1S/C15H21ClN2O/c1-3-11-5-4-6-13(8-11)18-15(19)12-7-10(2)17-14(16)9-12/h7,9,11,13H,3-6,8H2,1-2H3,(H,18,19).